The molecule has 0 fully saturated rings. The molecule has 0 radical (unpaired) electrons. The third kappa shape index (κ3) is 6.05. The highest BCUT2D eigenvalue weighted by Gasteiger charge is 2.16. The van der Waals surface area contributed by atoms with E-state index in [4.69, 9.17) is 15.0 Å². The Labute approximate surface area is 280 Å². The van der Waals surface area contributed by atoms with Crippen molar-refractivity contribution in [3.8, 4) is 78.7 Å². The third-order valence-electron chi connectivity index (χ3n) is 8.58. The van der Waals surface area contributed by atoms with Crippen LogP contribution in [-0.4, -0.2) is 15.0 Å². The third-order valence-corrected chi connectivity index (χ3v) is 8.58. The van der Waals surface area contributed by atoms with Crippen molar-refractivity contribution in [2.75, 3.05) is 0 Å². The molecule has 0 unspecified atom stereocenters. The van der Waals surface area contributed by atoms with Crippen LogP contribution in [0.2, 0.25) is 0 Å². The van der Waals surface area contributed by atoms with Crippen molar-refractivity contribution in [3.63, 3.8) is 0 Å². The van der Waals surface area contributed by atoms with Crippen molar-refractivity contribution < 1.29 is 0 Å². The summed E-state index contributed by atoms with van der Waals surface area (Å²) in [5.74, 6) is 1.91. The molecule has 0 atom stereocenters. The van der Waals surface area contributed by atoms with Gasteiger partial charge in [0.2, 0.25) is 0 Å². The van der Waals surface area contributed by atoms with Gasteiger partial charge in [-0.3, -0.25) is 0 Å². The highest BCUT2D eigenvalue weighted by atomic mass is 15.0. The number of nitrogens with zero attached hydrogens (tertiary/aromatic N) is 3. The number of benzene rings is 7. The molecule has 8 aromatic rings. The quantitative estimate of drug-likeness (QED) is 0.179. The molecular formula is C45H31N3. The minimum Gasteiger partial charge on any atom is -0.208 e. The molecule has 3 nitrogen and oxygen atoms in total. The molecule has 0 aliphatic carbocycles. The van der Waals surface area contributed by atoms with E-state index in [0.717, 1.165) is 50.1 Å². The predicted octanol–water partition coefficient (Wildman–Crippen LogP) is 11.5. The minimum absolute atomic E-state index is 0.633. The average Bonchev–Trinajstić information content (AvgIpc) is 3.19. The molecular weight excluding hydrogens is 583 g/mol. The zero-order chi connectivity index (χ0) is 32.1. The largest absolute Gasteiger partial charge is 0.208 e. The second-order valence-corrected chi connectivity index (χ2v) is 11.7. The first kappa shape index (κ1) is 29.0. The molecule has 48 heavy (non-hydrogen) atoms. The van der Waals surface area contributed by atoms with Crippen LogP contribution in [0.25, 0.3) is 78.7 Å². The van der Waals surface area contributed by atoms with E-state index < -0.39 is 0 Å². The maximum Gasteiger partial charge on any atom is 0.164 e. The zero-order valence-electron chi connectivity index (χ0n) is 26.2. The van der Waals surface area contributed by atoms with Crippen LogP contribution in [0.15, 0.2) is 188 Å². The average molecular weight is 614 g/mol. The summed E-state index contributed by atoms with van der Waals surface area (Å²) in [6.07, 6.45) is 0. The van der Waals surface area contributed by atoms with Gasteiger partial charge >= 0.3 is 0 Å². The summed E-state index contributed by atoms with van der Waals surface area (Å²) < 4.78 is 0. The van der Waals surface area contributed by atoms with Crippen molar-refractivity contribution in [1.82, 2.24) is 15.0 Å². The maximum atomic E-state index is 5.10. The molecule has 8 rings (SSSR count). The van der Waals surface area contributed by atoms with E-state index in [0.29, 0.717) is 17.5 Å². The van der Waals surface area contributed by atoms with E-state index in [9.17, 15) is 0 Å². The Kier molecular flexibility index (Phi) is 7.92. The first-order chi connectivity index (χ1) is 23.8. The lowest BCUT2D eigenvalue weighted by molar-refractivity contribution is 1.07. The number of aromatic nitrogens is 3. The Morgan fingerprint density at radius 3 is 1.12 bits per heavy atom. The molecule has 1 heterocycles. The Morgan fingerprint density at radius 1 is 0.208 bits per heavy atom. The van der Waals surface area contributed by atoms with Crippen molar-refractivity contribution in [3.05, 3.63) is 188 Å². The van der Waals surface area contributed by atoms with Crippen molar-refractivity contribution in [1.29, 1.82) is 0 Å². The number of rotatable bonds is 7. The van der Waals surface area contributed by atoms with Gasteiger partial charge in [0.25, 0.3) is 0 Å². The van der Waals surface area contributed by atoms with Gasteiger partial charge in [0.05, 0.1) is 0 Å². The lowest BCUT2D eigenvalue weighted by atomic mass is 9.98. The van der Waals surface area contributed by atoms with Crippen LogP contribution in [-0.2, 0) is 0 Å². The van der Waals surface area contributed by atoms with E-state index in [2.05, 4.69) is 164 Å². The van der Waals surface area contributed by atoms with Gasteiger partial charge < -0.3 is 0 Å². The summed E-state index contributed by atoms with van der Waals surface area (Å²) in [5.41, 5.74) is 12.0. The molecule has 0 saturated carbocycles. The molecule has 0 aliphatic heterocycles. The maximum absolute atomic E-state index is 5.10. The van der Waals surface area contributed by atoms with Gasteiger partial charge in [-0.15, -0.1) is 0 Å². The highest BCUT2D eigenvalue weighted by Crippen LogP contribution is 2.34. The Morgan fingerprint density at radius 2 is 0.562 bits per heavy atom. The monoisotopic (exact) mass is 613 g/mol. The van der Waals surface area contributed by atoms with Crippen LogP contribution < -0.4 is 0 Å². The lowest BCUT2D eigenvalue weighted by Crippen LogP contribution is -2.01. The van der Waals surface area contributed by atoms with Crippen molar-refractivity contribution in [2.45, 2.75) is 0 Å². The summed E-state index contributed by atoms with van der Waals surface area (Å²) in [4.78, 5) is 15.2. The molecule has 1 aromatic heterocycles. The molecule has 7 aromatic carbocycles. The highest BCUT2D eigenvalue weighted by molar-refractivity contribution is 5.82. The van der Waals surface area contributed by atoms with Gasteiger partial charge in [0, 0.05) is 16.7 Å². The molecule has 0 saturated heterocycles. The van der Waals surface area contributed by atoms with Crippen LogP contribution in [0.5, 0.6) is 0 Å². The number of hydrogen-bond donors (Lipinski definition) is 0. The second kappa shape index (κ2) is 13.1. The van der Waals surface area contributed by atoms with E-state index in [1.165, 1.54) is 11.1 Å². The summed E-state index contributed by atoms with van der Waals surface area (Å²) >= 11 is 0. The van der Waals surface area contributed by atoms with Gasteiger partial charge in [0.1, 0.15) is 0 Å². The van der Waals surface area contributed by atoms with Crippen molar-refractivity contribution in [2.24, 2.45) is 0 Å². The standard InChI is InChI=1S/C45H31N3/c1-4-13-32(14-5-1)34-23-25-35(26-24-34)36-27-29-38(30-28-36)43-46-44(40-20-12-19-39(31-40)33-15-6-2-7-16-33)48-45(47-43)42-22-11-10-21-41(42)37-17-8-3-9-18-37/h1-31H. The van der Waals surface area contributed by atoms with E-state index >= 15 is 0 Å². The summed E-state index contributed by atoms with van der Waals surface area (Å²) in [6.45, 7) is 0. The molecule has 0 bridgehead atoms. The topological polar surface area (TPSA) is 38.7 Å². The van der Waals surface area contributed by atoms with Crippen LogP contribution in [0.3, 0.4) is 0 Å². The van der Waals surface area contributed by atoms with Gasteiger partial charge in [-0.1, -0.05) is 182 Å². The van der Waals surface area contributed by atoms with Gasteiger partial charge in [-0.2, -0.15) is 0 Å². The fraction of sp³-hybridized carbons (Fsp3) is 0. The molecule has 0 aliphatic rings. The van der Waals surface area contributed by atoms with Gasteiger partial charge in [-0.05, 0) is 50.6 Å². The second-order valence-electron chi connectivity index (χ2n) is 11.7. The number of hydrogen-bond acceptors (Lipinski definition) is 3. The molecule has 0 spiro atoms. The van der Waals surface area contributed by atoms with Gasteiger partial charge in [0.15, 0.2) is 17.5 Å². The zero-order valence-corrected chi connectivity index (χ0v) is 26.2. The van der Waals surface area contributed by atoms with Crippen LogP contribution in [0.4, 0.5) is 0 Å². The predicted molar refractivity (Wildman–Crippen MR) is 198 cm³/mol. The minimum atomic E-state index is 0.633. The molecule has 226 valence electrons. The Hall–Kier alpha value is -6.45. The van der Waals surface area contributed by atoms with Crippen LogP contribution >= 0.6 is 0 Å². The Balaban J connectivity index is 1.21. The van der Waals surface area contributed by atoms with E-state index in [1.807, 2.05) is 24.3 Å². The van der Waals surface area contributed by atoms with Crippen LogP contribution in [0, 0.1) is 0 Å². The first-order valence-corrected chi connectivity index (χ1v) is 16.1. The summed E-state index contributed by atoms with van der Waals surface area (Å²) in [7, 11) is 0. The first-order valence-electron chi connectivity index (χ1n) is 16.1. The summed E-state index contributed by atoms with van der Waals surface area (Å²) in [5, 5.41) is 0. The van der Waals surface area contributed by atoms with Crippen molar-refractivity contribution >= 4 is 0 Å². The fourth-order valence-electron chi connectivity index (χ4n) is 6.07. The normalized spacial score (nSPS) is 10.9. The van der Waals surface area contributed by atoms with E-state index in [1.54, 1.807) is 0 Å². The lowest BCUT2D eigenvalue weighted by Gasteiger charge is -2.13. The fourth-order valence-corrected chi connectivity index (χ4v) is 6.07. The van der Waals surface area contributed by atoms with Crippen LogP contribution in [0.1, 0.15) is 0 Å². The molecule has 0 N–H and O–H groups in total. The Bertz CT molecular complexity index is 2300. The van der Waals surface area contributed by atoms with Gasteiger partial charge in [-0.25, -0.2) is 15.0 Å². The SMILES string of the molecule is c1ccc(-c2ccc(-c3ccc(-c4nc(-c5cccc(-c6ccccc6)c5)nc(-c5ccccc5-c5ccccc5)n4)cc3)cc2)cc1. The smallest absolute Gasteiger partial charge is 0.164 e. The summed E-state index contributed by atoms with van der Waals surface area (Å²) in [6, 6.07) is 65.2. The molecule has 3 heteroatoms. The van der Waals surface area contributed by atoms with E-state index in [-0.39, 0.29) is 0 Å². The molecule has 0 amide bonds.